The molecule has 268 valence electrons. The van der Waals surface area contributed by atoms with Crippen LogP contribution >= 0.6 is 0 Å². The van der Waals surface area contributed by atoms with Crippen LogP contribution in [0.1, 0.15) is 66.8 Å². The van der Waals surface area contributed by atoms with Gasteiger partial charge in [-0.25, -0.2) is 0 Å². The van der Waals surface area contributed by atoms with Crippen molar-refractivity contribution in [3.63, 3.8) is 0 Å². The number of benzene rings is 7. The Balaban J connectivity index is 1.41. The van der Waals surface area contributed by atoms with Crippen molar-refractivity contribution in [2.45, 2.75) is 83.1 Å². The first-order chi connectivity index (χ1) is 25.7. The summed E-state index contributed by atoms with van der Waals surface area (Å²) in [5, 5.41) is 2.61. The number of hydrogen-bond acceptors (Lipinski definition) is 0. The first-order valence-electron chi connectivity index (χ1n) is 19.7. The van der Waals surface area contributed by atoms with Crippen molar-refractivity contribution in [1.82, 2.24) is 0 Å². The molecule has 0 N–H and O–H groups in total. The number of aryl methyl sites for hydroxylation is 12. The Hall–Kier alpha value is -5.07. The molecule has 0 spiro atoms. The van der Waals surface area contributed by atoms with Crippen LogP contribution in [0.25, 0.3) is 21.9 Å². The van der Waals surface area contributed by atoms with Crippen LogP contribution in [0.2, 0.25) is 0 Å². The Kier molecular flexibility index (Phi) is 10.1. The van der Waals surface area contributed by atoms with E-state index in [4.69, 9.17) is 0 Å². The summed E-state index contributed by atoms with van der Waals surface area (Å²) < 4.78 is 0. The van der Waals surface area contributed by atoms with E-state index >= 15 is 0 Å². The predicted molar refractivity (Wildman–Crippen MR) is 241 cm³/mol. The number of rotatable bonds is 7. The van der Waals surface area contributed by atoms with Gasteiger partial charge in [0.15, 0.2) is 0 Å². The molecule has 0 saturated carbocycles. The number of hydrogen-bond donors (Lipinski definition) is 0. The zero-order chi connectivity index (χ0) is 38.6. The smallest absolute Gasteiger partial charge is 0.0686 e. The van der Waals surface area contributed by atoms with Crippen LogP contribution < -0.4 is 32.8 Å². The third-order valence-electron chi connectivity index (χ3n) is 11.9. The zero-order valence-corrected chi connectivity index (χ0v) is 34.5. The normalized spacial score (nSPS) is 11.3. The van der Waals surface area contributed by atoms with Crippen molar-refractivity contribution < 1.29 is 0 Å². The van der Waals surface area contributed by atoms with Crippen molar-refractivity contribution >= 4 is 57.0 Å². The topological polar surface area (TPSA) is 0 Å². The minimum Gasteiger partial charge on any atom is -0.0686 e. The summed E-state index contributed by atoms with van der Waals surface area (Å²) in [5.41, 5.74) is 27.0. The minimum absolute atomic E-state index is 0.121. The summed E-state index contributed by atoms with van der Waals surface area (Å²) in [7, 11) is 0. The fourth-order valence-corrected chi connectivity index (χ4v) is 10.2. The lowest BCUT2D eigenvalue weighted by molar-refractivity contribution is 1.34. The Bertz CT molecular complexity index is 2360. The van der Waals surface area contributed by atoms with Crippen LogP contribution in [-0.2, 0) is 0 Å². The monoisotopic (exact) mass is 700 g/mol. The van der Waals surface area contributed by atoms with Gasteiger partial charge in [-0.1, -0.05) is 209 Å². The van der Waals surface area contributed by atoms with Crippen molar-refractivity contribution in [2.24, 2.45) is 0 Å². The minimum atomic E-state index is 0.121. The van der Waals surface area contributed by atoms with Gasteiger partial charge >= 0.3 is 0 Å². The molecule has 0 fully saturated rings. The van der Waals surface area contributed by atoms with E-state index < -0.39 is 0 Å². The van der Waals surface area contributed by atoms with Gasteiger partial charge in [-0.05, 0) is 105 Å². The van der Waals surface area contributed by atoms with E-state index in [0.717, 1.165) is 0 Å². The Morgan fingerprint density at radius 3 is 1.02 bits per heavy atom. The summed E-state index contributed by atoms with van der Waals surface area (Å²) in [6.07, 6.45) is 0. The van der Waals surface area contributed by atoms with E-state index in [1.165, 1.54) is 121 Å². The molecule has 0 atom stereocenters. The summed E-state index contributed by atoms with van der Waals surface area (Å²) in [6.45, 7) is 27.5. The van der Waals surface area contributed by atoms with Gasteiger partial charge in [-0.15, -0.1) is 0 Å². The lowest BCUT2D eigenvalue weighted by Gasteiger charge is -2.26. The van der Waals surface area contributed by atoms with Crippen molar-refractivity contribution in [1.29, 1.82) is 0 Å². The van der Waals surface area contributed by atoms with Crippen LogP contribution in [0.15, 0.2) is 109 Å². The second-order valence-electron chi connectivity index (χ2n) is 16.5. The molecule has 0 radical (unpaired) electrons. The highest BCUT2D eigenvalue weighted by atomic mass is 14.2. The third-order valence-corrected chi connectivity index (χ3v) is 11.9. The molecule has 7 aromatic rings. The molecule has 0 aromatic heterocycles. The fourth-order valence-electron chi connectivity index (χ4n) is 10.2. The molecule has 54 heavy (non-hydrogen) atoms. The first kappa shape index (κ1) is 37.3. The van der Waals surface area contributed by atoms with Gasteiger partial charge in [0.25, 0.3) is 0 Å². The van der Waals surface area contributed by atoms with Crippen molar-refractivity contribution in [2.75, 3.05) is 0 Å². The maximum absolute atomic E-state index is 2.43. The van der Waals surface area contributed by atoms with E-state index in [0.29, 0.717) is 0 Å². The molecule has 2 heteroatoms. The van der Waals surface area contributed by atoms with Gasteiger partial charge in [0.2, 0.25) is 13.4 Å². The molecule has 0 saturated heterocycles. The molecule has 7 rings (SSSR count). The fraction of sp³-hybridized carbons (Fsp3) is 0.231. The van der Waals surface area contributed by atoms with E-state index in [1.807, 2.05) is 0 Å². The molecule has 0 amide bonds. The van der Waals surface area contributed by atoms with Crippen LogP contribution in [0.3, 0.4) is 0 Å². The molecule has 0 aliphatic rings. The third kappa shape index (κ3) is 6.77. The van der Waals surface area contributed by atoms with Crippen LogP contribution in [0, 0.1) is 83.1 Å². The molecule has 0 nitrogen and oxygen atoms in total. The summed E-state index contributed by atoms with van der Waals surface area (Å²) in [4.78, 5) is 0. The Morgan fingerprint density at radius 2 is 0.648 bits per heavy atom. The van der Waals surface area contributed by atoms with Crippen LogP contribution in [0.5, 0.6) is 0 Å². The molecular formula is C52H54B2. The van der Waals surface area contributed by atoms with E-state index in [9.17, 15) is 0 Å². The predicted octanol–water partition coefficient (Wildman–Crippen LogP) is 9.24. The molecule has 0 aliphatic heterocycles. The summed E-state index contributed by atoms with van der Waals surface area (Å²) in [6, 6.07) is 42.2. The second-order valence-corrected chi connectivity index (χ2v) is 16.5. The SMILES string of the molecule is Cc1cc(C)c(B(c2ccc(-c3ccc(B(c4c(C)cc(C)cc4C)c4c(C)cc(C)cc4C)c4ccccc34)cc2)c2c(C)cc(C)cc2C)c(C)c1. The summed E-state index contributed by atoms with van der Waals surface area (Å²) in [5.74, 6) is 0. The average molecular weight is 701 g/mol. The van der Waals surface area contributed by atoms with E-state index in [2.05, 4.69) is 192 Å². The van der Waals surface area contributed by atoms with Gasteiger partial charge in [0.05, 0.1) is 0 Å². The largest absolute Gasteiger partial charge is 0.243 e. The van der Waals surface area contributed by atoms with Gasteiger partial charge in [0, 0.05) is 0 Å². The maximum atomic E-state index is 2.43. The Morgan fingerprint density at radius 1 is 0.315 bits per heavy atom. The summed E-state index contributed by atoms with van der Waals surface area (Å²) >= 11 is 0. The molecule has 0 bridgehead atoms. The maximum Gasteiger partial charge on any atom is 0.243 e. The van der Waals surface area contributed by atoms with Crippen molar-refractivity contribution in [3.05, 3.63) is 176 Å². The highest BCUT2D eigenvalue weighted by Gasteiger charge is 2.31. The van der Waals surface area contributed by atoms with E-state index in [1.54, 1.807) is 0 Å². The molecule has 0 aliphatic carbocycles. The highest BCUT2D eigenvalue weighted by Crippen LogP contribution is 2.29. The number of fused-ring (bicyclic) bond motifs is 1. The molecule has 7 aromatic carbocycles. The van der Waals surface area contributed by atoms with Crippen LogP contribution in [-0.4, -0.2) is 13.4 Å². The van der Waals surface area contributed by atoms with Gasteiger partial charge in [-0.3, -0.25) is 0 Å². The molecular weight excluding hydrogens is 646 g/mol. The zero-order valence-electron chi connectivity index (χ0n) is 34.5. The average Bonchev–Trinajstić information content (AvgIpc) is 3.08. The molecule has 0 unspecified atom stereocenters. The second kappa shape index (κ2) is 14.6. The molecule has 0 heterocycles. The lowest BCUT2D eigenvalue weighted by Crippen LogP contribution is -2.56. The Labute approximate surface area is 325 Å². The van der Waals surface area contributed by atoms with Crippen molar-refractivity contribution in [3.8, 4) is 11.1 Å². The highest BCUT2D eigenvalue weighted by molar-refractivity contribution is 6.98. The van der Waals surface area contributed by atoms with Crippen LogP contribution in [0.4, 0.5) is 0 Å². The quantitative estimate of drug-likeness (QED) is 0.146. The van der Waals surface area contributed by atoms with Gasteiger partial charge in [0.1, 0.15) is 0 Å². The van der Waals surface area contributed by atoms with Gasteiger partial charge in [-0.2, -0.15) is 0 Å². The standard InChI is InChI=1S/C52H54B2/c1-31-23-35(5)49(36(6)24-31)53(50-37(7)25-32(2)26-38(50)8)44-19-17-43(18-20-44)45-21-22-48(47-16-14-13-15-46(45)47)54(51-39(9)27-33(3)28-40(51)10)52-41(11)29-34(4)30-42(52)12/h13-30H,1-12H3. The van der Waals surface area contributed by atoms with E-state index in [-0.39, 0.29) is 13.4 Å². The first-order valence-corrected chi connectivity index (χ1v) is 19.7. The van der Waals surface area contributed by atoms with Gasteiger partial charge < -0.3 is 0 Å². The lowest BCUT2D eigenvalue weighted by atomic mass is 9.33.